The molecule has 0 atom stereocenters. The summed E-state index contributed by atoms with van der Waals surface area (Å²) in [7, 11) is 0. The van der Waals surface area contributed by atoms with Crippen molar-refractivity contribution < 1.29 is 14.3 Å². The molecule has 0 unspecified atom stereocenters. The lowest BCUT2D eigenvalue weighted by Gasteiger charge is -2.11. The predicted octanol–water partition coefficient (Wildman–Crippen LogP) is 4.64. The van der Waals surface area contributed by atoms with Crippen LogP contribution in [0.3, 0.4) is 0 Å². The maximum absolute atomic E-state index is 11.0. The Morgan fingerprint density at radius 3 is 2.45 bits per heavy atom. The summed E-state index contributed by atoms with van der Waals surface area (Å²) < 4.78 is 11.3. The van der Waals surface area contributed by atoms with Crippen molar-refractivity contribution in [3.8, 4) is 11.5 Å². The van der Waals surface area contributed by atoms with Gasteiger partial charge in [0.05, 0.1) is 18.8 Å². The van der Waals surface area contributed by atoms with Gasteiger partial charge < -0.3 is 9.47 Å². The molecular formula is C17H26O3. The summed E-state index contributed by atoms with van der Waals surface area (Å²) in [5.41, 5.74) is 0.586. The molecule has 0 saturated heterocycles. The van der Waals surface area contributed by atoms with Crippen molar-refractivity contribution in [2.75, 3.05) is 13.2 Å². The van der Waals surface area contributed by atoms with Crippen LogP contribution in [0.5, 0.6) is 11.5 Å². The molecule has 0 N–H and O–H groups in total. The Balaban J connectivity index is 2.46. The zero-order chi connectivity index (χ0) is 14.6. The SMILES string of the molecule is CCCCCCCOc1cc(OCCC)ccc1C=O. The molecular weight excluding hydrogens is 252 g/mol. The van der Waals surface area contributed by atoms with E-state index in [0.717, 1.165) is 24.9 Å². The number of carbonyl (C=O) groups is 1. The van der Waals surface area contributed by atoms with Crippen LogP contribution in [0.25, 0.3) is 0 Å². The summed E-state index contributed by atoms with van der Waals surface area (Å²) >= 11 is 0. The van der Waals surface area contributed by atoms with E-state index >= 15 is 0 Å². The van der Waals surface area contributed by atoms with Gasteiger partial charge in [0.25, 0.3) is 0 Å². The van der Waals surface area contributed by atoms with E-state index in [-0.39, 0.29) is 0 Å². The Hall–Kier alpha value is -1.51. The Morgan fingerprint density at radius 2 is 1.75 bits per heavy atom. The summed E-state index contributed by atoms with van der Waals surface area (Å²) in [5, 5.41) is 0. The number of rotatable bonds is 11. The largest absolute Gasteiger partial charge is 0.493 e. The summed E-state index contributed by atoms with van der Waals surface area (Å²) in [4.78, 5) is 11.0. The predicted molar refractivity (Wildman–Crippen MR) is 81.9 cm³/mol. The van der Waals surface area contributed by atoms with Crippen molar-refractivity contribution in [1.82, 2.24) is 0 Å². The summed E-state index contributed by atoms with van der Waals surface area (Å²) in [6, 6.07) is 5.38. The minimum absolute atomic E-state index is 0.586. The van der Waals surface area contributed by atoms with E-state index in [1.807, 2.05) is 12.1 Å². The third-order valence-electron chi connectivity index (χ3n) is 3.09. The van der Waals surface area contributed by atoms with Gasteiger partial charge in [-0.15, -0.1) is 0 Å². The molecule has 0 aliphatic rings. The van der Waals surface area contributed by atoms with Gasteiger partial charge in [0.15, 0.2) is 6.29 Å². The quantitative estimate of drug-likeness (QED) is 0.437. The zero-order valence-corrected chi connectivity index (χ0v) is 12.7. The van der Waals surface area contributed by atoms with Crippen LogP contribution < -0.4 is 9.47 Å². The van der Waals surface area contributed by atoms with Gasteiger partial charge in [-0.3, -0.25) is 4.79 Å². The molecule has 0 aliphatic heterocycles. The maximum atomic E-state index is 11.0. The smallest absolute Gasteiger partial charge is 0.153 e. The highest BCUT2D eigenvalue weighted by Crippen LogP contribution is 2.24. The van der Waals surface area contributed by atoms with Crippen molar-refractivity contribution in [2.24, 2.45) is 0 Å². The fraction of sp³-hybridized carbons (Fsp3) is 0.588. The maximum Gasteiger partial charge on any atom is 0.153 e. The minimum Gasteiger partial charge on any atom is -0.493 e. The van der Waals surface area contributed by atoms with Crippen molar-refractivity contribution >= 4 is 6.29 Å². The van der Waals surface area contributed by atoms with E-state index in [2.05, 4.69) is 13.8 Å². The molecule has 0 radical (unpaired) electrons. The minimum atomic E-state index is 0.586. The molecule has 0 fully saturated rings. The number of unbranched alkanes of at least 4 members (excludes halogenated alkanes) is 4. The molecule has 0 spiro atoms. The number of aldehydes is 1. The van der Waals surface area contributed by atoms with Crippen LogP contribution in [0.2, 0.25) is 0 Å². The highest BCUT2D eigenvalue weighted by Gasteiger charge is 2.05. The molecule has 0 aliphatic carbocycles. The van der Waals surface area contributed by atoms with Gasteiger partial charge in [0.1, 0.15) is 11.5 Å². The molecule has 0 bridgehead atoms. The van der Waals surface area contributed by atoms with Gasteiger partial charge >= 0.3 is 0 Å². The fourth-order valence-corrected chi connectivity index (χ4v) is 1.93. The van der Waals surface area contributed by atoms with E-state index in [0.29, 0.717) is 24.5 Å². The molecule has 0 amide bonds. The van der Waals surface area contributed by atoms with Crippen LogP contribution >= 0.6 is 0 Å². The Kier molecular flexibility index (Phi) is 8.52. The van der Waals surface area contributed by atoms with Crippen molar-refractivity contribution in [3.63, 3.8) is 0 Å². The first-order valence-corrected chi connectivity index (χ1v) is 7.66. The van der Waals surface area contributed by atoms with Gasteiger partial charge in [-0.1, -0.05) is 39.5 Å². The first-order valence-electron chi connectivity index (χ1n) is 7.66. The summed E-state index contributed by atoms with van der Waals surface area (Å²) in [6.45, 7) is 5.60. The molecule has 1 aromatic rings. The van der Waals surface area contributed by atoms with Crippen molar-refractivity contribution in [3.05, 3.63) is 23.8 Å². The Labute approximate surface area is 122 Å². The summed E-state index contributed by atoms with van der Waals surface area (Å²) in [5.74, 6) is 1.39. The molecule has 3 heteroatoms. The number of ether oxygens (including phenoxy) is 2. The molecule has 0 heterocycles. The van der Waals surface area contributed by atoms with E-state index in [1.54, 1.807) is 6.07 Å². The molecule has 3 nitrogen and oxygen atoms in total. The fourth-order valence-electron chi connectivity index (χ4n) is 1.93. The second-order valence-electron chi connectivity index (χ2n) is 4.93. The topological polar surface area (TPSA) is 35.5 Å². The van der Waals surface area contributed by atoms with E-state index in [1.165, 1.54) is 25.7 Å². The van der Waals surface area contributed by atoms with E-state index in [4.69, 9.17) is 9.47 Å². The molecule has 1 aromatic carbocycles. The van der Waals surface area contributed by atoms with Crippen LogP contribution in [0.4, 0.5) is 0 Å². The molecule has 112 valence electrons. The molecule has 20 heavy (non-hydrogen) atoms. The van der Waals surface area contributed by atoms with Crippen LogP contribution in [-0.2, 0) is 0 Å². The lowest BCUT2D eigenvalue weighted by atomic mass is 10.1. The van der Waals surface area contributed by atoms with Gasteiger partial charge in [-0.05, 0) is 25.0 Å². The lowest BCUT2D eigenvalue weighted by Crippen LogP contribution is -2.01. The first-order chi connectivity index (χ1) is 9.81. The van der Waals surface area contributed by atoms with Crippen LogP contribution in [0, 0.1) is 0 Å². The number of carbonyl (C=O) groups excluding carboxylic acids is 1. The average Bonchev–Trinajstić information content (AvgIpc) is 2.48. The van der Waals surface area contributed by atoms with Crippen LogP contribution in [0.15, 0.2) is 18.2 Å². The zero-order valence-electron chi connectivity index (χ0n) is 12.7. The normalized spacial score (nSPS) is 10.3. The van der Waals surface area contributed by atoms with Gasteiger partial charge in [0.2, 0.25) is 0 Å². The number of hydrogen-bond acceptors (Lipinski definition) is 3. The van der Waals surface area contributed by atoms with Gasteiger partial charge in [-0.2, -0.15) is 0 Å². The van der Waals surface area contributed by atoms with Gasteiger partial charge in [0, 0.05) is 6.07 Å². The number of benzene rings is 1. The molecule has 1 rings (SSSR count). The van der Waals surface area contributed by atoms with Crippen LogP contribution in [-0.4, -0.2) is 19.5 Å². The summed E-state index contributed by atoms with van der Waals surface area (Å²) in [6.07, 6.45) is 7.76. The Bertz CT molecular complexity index is 388. The second-order valence-corrected chi connectivity index (χ2v) is 4.93. The molecule has 0 saturated carbocycles. The first kappa shape index (κ1) is 16.5. The van der Waals surface area contributed by atoms with E-state index < -0.39 is 0 Å². The highest BCUT2D eigenvalue weighted by molar-refractivity contribution is 5.79. The van der Waals surface area contributed by atoms with Gasteiger partial charge in [-0.25, -0.2) is 0 Å². The monoisotopic (exact) mass is 278 g/mol. The standard InChI is InChI=1S/C17H26O3/c1-3-5-6-7-8-12-20-17-13-16(19-11-4-2)10-9-15(17)14-18/h9-10,13-14H,3-8,11-12H2,1-2H3. The van der Waals surface area contributed by atoms with Crippen molar-refractivity contribution in [1.29, 1.82) is 0 Å². The highest BCUT2D eigenvalue weighted by atomic mass is 16.5. The third kappa shape index (κ3) is 6.09. The molecule has 0 aromatic heterocycles. The second kappa shape index (κ2) is 10.3. The Morgan fingerprint density at radius 1 is 0.950 bits per heavy atom. The average molecular weight is 278 g/mol. The lowest BCUT2D eigenvalue weighted by molar-refractivity contribution is 0.111. The van der Waals surface area contributed by atoms with E-state index in [9.17, 15) is 4.79 Å². The van der Waals surface area contributed by atoms with Crippen molar-refractivity contribution in [2.45, 2.75) is 52.4 Å². The third-order valence-corrected chi connectivity index (χ3v) is 3.09. The number of hydrogen-bond donors (Lipinski definition) is 0. The van der Waals surface area contributed by atoms with Crippen LogP contribution in [0.1, 0.15) is 62.7 Å².